The average molecular weight is 479 g/mol. The van der Waals surface area contributed by atoms with Crippen molar-refractivity contribution >= 4 is 23.7 Å². The summed E-state index contributed by atoms with van der Waals surface area (Å²) in [6, 6.07) is 1.84. The number of nitrogens with two attached hydrogens (primary N) is 1. The first-order chi connectivity index (χ1) is 16.1. The van der Waals surface area contributed by atoms with Gasteiger partial charge < -0.3 is 36.6 Å². The maximum atomic E-state index is 13.4. The molecule has 1 fully saturated rings. The molecule has 2 rings (SSSR count). The normalized spacial score (nSPS) is 19.1. The number of carbonyl (C=O) groups excluding carboxylic acids is 3. The van der Waals surface area contributed by atoms with Crippen molar-refractivity contribution < 1.29 is 34.5 Å². The monoisotopic (exact) mass is 478 g/mol. The summed E-state index contributed by atoms with van der Waals surface area (Å²) in [5.41, 5.74) is 6.21. The van der Waals surface area contributed by atoms with E-state index in [9.17, 15) is 29.4 Å². The number of amides is 3. The third kappa shape index (κ3) is 6.91. The maximum Gasteiger partial charge on any atom is 0.326 e. The van der Waals surface area contributed by atoms with Gasteiger partial charge in [0.2, 0.25) is 17.7 Å². The van der Waals surface area contributed by atoms with Crippen LogP contribution in [0.5, 0.6) is 5.75 Å². The summed E-state index contributed by atoms with van der Waals surface area (Å²) in [5.74, 6) is -3.22. The first-order valence-corrected chi connectivity index (χ1v) is 11.4. The minimum Gasteiger partial charge on any atom is -0.508 e. The van der Waals surface area contributed by atoms with Gasteiger partial charge >= 0.3 is 5.97 Å². The lowest BCUT2D eigenvalue weighted by atomic mass is 9.96. The Bertz CT molecular complexity index is 877. The number of carboxylic acids is 1. The maximum absolute atomic E-state index is 13.4. The van der Waals surface area contributed by atoms with Gasteiger partial charge in [0.05, 0.1) is 6.61 Å². The number of phenols is 1. The molecule has 11 nitrogen and oxygen atoms in total. The third-order valence-corrected chi connectivity index (χ3v) is 6.14. The number of phenolic OH excluding ortho intramolecular Hbond substituents is 1. The number of aliphatic carboxylic acids is 1. The molecule has 5 atom stereocenters. The number of aliphatic hydroxyl groups is 1. The van der Waals surface area contributed by atoms with E-state index in [0.29, 0.717) is 24.8 Å². The van der Waals surface area contributed by atoms with Gasteiger partial charge in [0, 0.05) is 13.0 Å². The molecule has 11 heteroatoms. The molecule has 0 saturated carbocycles. The summed E-state index contributed by atoms with van der Waals surface area (Å²) in [7, 11) is 0. The number of rotatable bonds is 11. The Morgan fingerprint density at radius 2 is 1.79 bits per heavy atom. The number of benzene rings is 1. The quantitative estimate of drug-likeness (QED) is 0.242. The van der Waals surface area contributed by atoms with Gasteiger partial charge in [-0.3, -0.25) is 14.4 Å². The Balaban J connectivity index is 2.29. The number of carboxylic acid groups (broad SMARTS) is 1. The summed E-state index contributed by atoms with van der Waals surface area (Å²) in [5, 5.41) is 33.4. The summed E-state index contributed by atoms with van der Waals surface area (Å²) in [4.78, 5) is 51.7. The van der Waals surface area contributed by atoms with E-state index in [-0.39, 0.29) is 24.6 Å². The van der Waals surface area contributed by atoms with Crippen LogP contribution in [0, 0.1) is 5.92 Å². The van der Waals surface area contributed by atoms with Crippen LogP contribution in [0.1, 0.15) is 38.7 Å². The van der Waals surface area contributed by atoms with Crippen molar-refractivity contribution in [2.24, 2.45) is 11.7 Å². The molecular formula is C23H34N4O7. The van der Waals surface area contributed by atoms with Crippen LogP contribution in [0.15, 0.2) is 24.3 Å². The van der Waals surface area contributed by atoms with Gasteiger partial charge in [0.1, 0.15) is 29.9 Å². The zero-order chi connectivity index (χ0) is 25.4. The average Bonchev–Trinajstić information content (AvgIpc) is 3.32. The molecule has 0 bridgehead atoms. The number of aromatic hydroxyl groups is 1. The lowest BCUT2D eigenvalue weighted by molar-refractivity contribution is -0.149. The number of nitrogens with zero attached hydrogens (tertiary/aromatic N) is 1. The molecule has 1 saturated heterocycles. The smallest absolute Gasteiger partial charge is 0.326 e. The molecule has 1 aliphatic heterocycles. The van der Waals surface area contributed by atoms with Gasteiger partial charge in [-0.05, 0) is 36.5 Å². The molecule has 5 unspecified atom stereocenters. The van der Waals surface area contributed by atoms with E-state index in [2.05, 4.69) is 10.6 Å². The van der Waals surface area contributed by atoms with Gasteiger partial charge in [-0.1, -0.05) is 32.4 Å². The van der Waals surface area contributed by atoms with Crippen LogP contribution in [0.4, 0.5) is 0 Å². The Morgan fingerprint density at radius 1 is 1.15 bits per heavy atom. The number of nitrogens with one attached hydrogen (secondary N) is 2. The van der Waals surface area contributed by atoms with Gasteiger partial charge in [0.25, 0.3) is 0 Å². The summed E-state index contributed by atoms with van der Waals surface area (Å²) in [6.45, 7) is 3.26. The topological polar surface area (TPSA) is 182 Å². The summed E-state index contributed by atoms with van der Waals surface area (Å²) in [6.07, 6.45) is 1.46. The van der Waals surface area contributed by atoms with E-state index in [4.69, 9.17) is 10.8 Å². The van der Waals surface area contributed by atoms with Crippen molar-refractivity contribution in [2.75, 3.05) is 13.2 Å². The molecule has 1 heterocycles. The fourth-order valence-electron chi connectivity index (χ4n) is 3.86. The van der Waals surface area contributed by atoms with E-state index in [1.807, 2.05) is 6.92 Å². The number of aliphatic hydroxyl groups excluding tert-OH is 1. The van der Waals surface area contributed by atoms with Gasteiger partial charge in [0.15, 0.2) is 0 Å². The number of carbonyl (C=O) groups is 4. The molecule has 1 aromatic carbocycles. The van der Waals surface area contributed by atoms with E-state index in [1.165, 1.54) is 17.0 Å². The number of likely N-dealkylation sites (tertiary alicyclic amines) is 1. The van der Waals surface area contributed by atoms with E-state index < -0.39 is 54.5 Å². The van der Waals surface area contributed by atoms with Crippen molar-refractivity contribution in [3.05, 3.63) is 29.8 Å². The number of hydrogen-bond acceptors (Lipinski definition) is 7. The molecule has 34 heavy (non-hydrogen) atoms. The minimum atomic E-state index is -1.20. The molecule has 1 aromatic rings. The van der Waals surface area contributed by atoms with Gasteiger partial charge in [-0.15, -0.1) is 0 Å². The molecular weight excluding hydrogens is 444 g/mol. The Hall–Kier alpha value is -3.18. The van der Waals surface area contributed by atoms with Gasteiger partial charge in [-0.2, -0.15) is 0 Å². The van der Waals surface area contributed by atoms with Crippen molar-refractivity contribution in [3.63, 3.8) is 0 Å². The highest BCUT2D eigenvalue weighted by molar-refractivity contribution is 5.94. The highest BCUT2D eigenvalue weighted by Crippen LogP contribution is 2.20. The summed E-state index contributed by atoms with van der Waals surface area (Å²) >= 11 is 0. The fourth-order valence-corrected chi connectivity index (χ4v) is 3.86. The highest BCUT2D eigenvalue weighted by Gasteiger charge is 2.39. The lowest BCUT2D eigenvalue weighted by Crippen LogP contribution is -2.59. The summed E-state index contributed by atoms with van der Waals surface area (Å²) < 4.78 is 0. The molecule has 7 N–H and O–H groups in total. The van der Waals surface area contributed by atoms with Crippen LogP contribution >= 0.6 is 0 Å². The van der Waals surface area contributed by atoms with Crippen molar-refractivity contribution in [1.82, 2.24) is 15.5 Å². The van der Waals surface area contributed by atoms with E-state index in [1.54, 1.807) is 19.1 Å². The predicted octanol–water partition coefficient (Wildman–Crippen LogP) is -0.654. The predicted molar refractivity (Wildman–Crippen MR) is 123 cm³/mol. The molecule has 1 aliphatic rings. The minimum absolute atomic E-state index is 0.0425. The first-order valence-electron chi connectivity index (χ1n) is 11.4. The van der Waals surface area contributed by atoms with E-state index in [0.717, 1.165) is 0 Å². The van der Waals surface area contributed by atoms with Crippen LogP contribution in [0.3, 0.4) is 0 Å². The first kappa shape index (κ1) is 27.1. The fraction of sp³-hybridized carbons (Fsp3) is 0.565. The van der Waals surface area contributed by atoms with Crippen LogP contribution in [-0.2, 0) is 25.6 Å². The van der Waals surface area contributed by atoms with Crippen molar-refractivity contribution in [2.45, 2.75) is 63.7 Å². The molecule has 3 amide bonds. The molecule has 0 radical (unpaired) electrons. The van der Waals surface area contributed by atoms with Crippen LogP contribution in [-0.4, -0.2) is 81.2 Å². The zero-order valence-electron chi connectivity index (χ0n) is 19.4. The Kier molecular flexibility index (Phi) is 9.82. The second-order valence-electron chi connectivity index (χ2n) is 8.62. The lowest BCUT2D eigenvalue weighted by Gasteiger charge is -2.30. The molecule has 0 spiro atoms. The van der Waals surface area contributed by atoms with Crippen LogP contribution < -0.4 is 16.4 Å². The Labute approximate surface area is 198 Å². The number of hydrogen-bond donors (Lipinski definition) is 6. The molecule has 188 valence electrons. The molecule has 0 aliphatic carbocycles. The largest absolute Gasteiger partial charge is 0.508 e. The standard InChI is InChI=1S/C23H34N4O7/c1-3-13(2)19(26-20(30)16(24)12-28)21(31)25-17(11-14-6-8-15(29)9-7-14)22(32)27-10-4-5-18(27)23(33)34/h6-9,13,16-19,28-29H,3-5,10-12,24H2,1-2H3,(H,25,31)(H,26,30)(H,33,34). The molecule has 0 aromatic heterocycles. The SMILES string of the molecule is CCC(C)C(NC(=O)C(N)CO)C(=O)NC(Cc1ccc(O)cc1)C(=O)N1CCCC1C(=O)O. The zero-order valence-corrected chi connectivity index (χ0v) is 19.4. The Morgan fingerprint density at radius 3 is 2.35 bits per heavy atom. The third-order valence-electron chi connectivity index (χ3n) is 6.14. The van der Waals surface area contributed by atoms with Crippen molar-refractivity contribution in [3.8, 4) is 5.75 Å². The van der Waals surface area contributed by atoms with Crippen molar-refractivity contribution in [1.29, 1.82) is 0 Å². The highest BCUT2D eigenvalue weighted by atomic mass is 16.4. The second-order valence-corrected chi connectivity index (χ2v) is 8.62. The van der Waals surface area contributed by atoms with Gasteiger partial charge in [-0.25, -0.2) is 4.79 Å². The van der Waals surface area contributed by atoms with Crippen LogP contribution in [0.25, 0.3) is 0 Å². The van der Waals surface area contributed by atoms with Crippen LogP contribution in [0.2, 0.25) is 0 Å². The van der Waals surface area contributed by atoms with E-state index >= 15 is 0 Å². The second kappa shape index (κ2) is 12.3.